The number of para-hydroxylation sites is 1. The molecule has 0 spiro atoms. The largest absolute Gasteiger partial charge is 0.494 e. The Morgan fingerprint density at radius 3 is 2.68 bits per heavy atom. The number of hydrogen-bond acceptors (Lipinski definition) is 4. The zero-order valence-electron chi connectivity index (χ0n) is 20.7. The van der Waals surface area contributed by atoms with E-state index < -0.39 is 0 Å². The summed E-state index contributed by atoms with van der Waals surface area (Å²) in [6, 6.07) is 22.6. The van der Waals surface area contributed by atoms with Crippen LogP contribution in [0.2, 0.25) is 5.02 Å². The lowest BCUT2D eigenvalue weighted by Gasteiger charge is -2.35. The molecule has 1 aliphatic heterocycles. The van der Waals surface area contributed by atoms with Crippen molar-refractivity contribution in [1.29, 1.82) is 0 Å². The van der Waals surface area contributed by atoms with E-state index in [9.17, 15) is 4.79 Å². The Balaban J connectivity index is 1.26. The summed E-state index contributed by atoms with van der Waals surface area (Å²) in [6.45, 7) is 1.98. The Kier molecular flexibility index (Phi) is 6.75. The van der Waals surface area contributed by atoms with Gasteiger partial charge in [0.2, 0.25) is 0 Å². The Bertz CT molecular complexity index is 1530. The van der Waals surface area contributed by atoms with Gasteiger partial charge in [-0.15, -0.1) is 0 Å². The molecule has 38 heavy (non-hydrogen) atoms. The van der Waals surface area contributed by atoms with Gasteiger partial charge >= 0.3 is 6.09 Å². The fourth-order valence-electron chi connectivity index (χ4n) is 5.05. The SMILES string of the molecule is O=C(Oc1ccccc1)N1CCc2c([nH]c3ccc(Cl)cc23)C1c1ccc(OCCCn2ccnc2)cc1. The predicted molar refractivity (Wildman–Crippen MR) is 147 cm³/mol. The van der Waals surface area contributed by atoms with Crippen molar-refractivity contribution in [2.45, 2.75) is 25.4 Å². The predicted octanol–water partition coefficient (Wildman–Crippen LogP) is 6.63. The number of ether oxygens (including phenoxy) is 2. The maximum absolute atomic E-state index is 13.4. The molecule has 6 rings (SSSR count). The van der Waals surface area contributed by atoms with Crippen LogP contribution in [0.25, 0.3) is 10.9 Å². The molecule has 0 aliphatic carbocycles. The number of nitrogens with one attached hydrogen (secondary N) is 1. The second-order valence-corrected chi connectivity index (χ2v) is 9.74. The van der Waals surface area contributed by atoms with Crippen LogP contribution in [0.4, 0.5) is 4.79 Å². The van der Waals surface area contributed by atoms with Gasteiger partial charge < -0.3 is 19.0 Å². The summed E-state index contributed by atoms with van der Waals surface area (Å²) in [4.78, 5) is 22.8. The molecule has 0 saturated carbocycles. The number of nitrogens with zero attached hydrogens (tertiary/aromatic N) is 3. The first kappa shape index (κ1) is 24.1. The highest BCUT2D eigenvalue weighted by Gasteiger charge is 2.35. The van der Waals surface area contributed by atoms with Crippen molar-refractivity contribution in [2.75, 3.05) is 13.2 Å². The second kappa shape index (κ2) is 10.6. The van der Waals surface area contributed by atoms with Crippen LogP contribution < -0.4 is 9.47 Å². The molecule has 0 saturated heterocycles. The second-order valence-electron chi connectivity index (χ2n) is 9.31. The van der Waals surface area contributed by atoms with Gasteiger partial charge in [-0.25, -0.2) is 9.78 Å². The van der Waals surface area contributed by atoms with Crippen LogP contribution in [0.5, 0.6) is 11.5 Å². The maximum atomic E-state index is 13.4. The number of carbonyl (C=O) groups is 1. The number of fused-ring (bicyclic) bond motifs is 3. The van der Waals surface area contributed by atoms with Crippen LogP contribution in [0.3, 0.4) is 0 Å². The molecule has 7 nitrogen and oxygen atoms in total. The number of aromatic amines is 1. The molecule has 3 aromatic carbocycles. The molecule has 1 aliphatic rings. The number of hydrogen-bond donors (Lipinski definition) is 1. The minimum Gasteiger partial charge on any atom is -0.494 e. The van der Waals surface area contributed by atoms with Crippen molar-refractivity contribution in [1.82, 2.24) is 19.4 Å². The number of imidazole rings is 1. The summed E-state index contributed by atoms with van der Waals surface area (Å²) in [5.41, 5.74) is 4.13. The van der Waals surface area contributed by atoms with Crippen molar-refractivity contribution < 1.29 is 14.3 Å². The van der Waals surface area contributed by atoms with Crippen LogP contribution in [0.1, 0.15) is 29.3 Å². The van der Waals surface area contributed by atoms with Crippen molar-refractivity contribution in [3.8, 4) is 11.5 Å². The third kappa shape index (κ3) is 4.97. The van der Waals surface area contributed by atoms with Crippen LogP contribution in [-0.2, 0) is 13.0 Å². The van der Waals surface area contributed by atoms with Gasteiger partial charge in [0.15, 0.2) is 0 Å². The summed E-state index contributed by atoms with van der Waals surface area (Å²) in [7, 11) is 0. The van der Waals surface area contributed by atoms with E-state index in [0.29, 0.717) is 30.3 Å². The molecule has 1 atom stereocenters. The number of H-pyrrole nitrogens is 1. The summed E-state index contributed by atoms with van der Waals surface area (Å²) < 4.78 is 13.8. The van der Waals surface area contributed by atoms with Gasteiger partial charge in [-0.2, -0.15) is 0 Å². The molecular weight excluding hydrogens is 500 g/mol. The summed E-state index contributed by atoms with van der Waals surface area (Å²) in [6.07, 6.45) is 6.72. The van der Waals surface area contributed by atoms with Crippen molar-refractivity contribution in [3.63, 3.8) is 0 Å². The van der Waals surface area contributed by atoms with E-state index >= 15 is 0 Å². The summed E-state index contributed by atoms with van der Waals surface area (Å²) in [5, 5.41) is 1.78. The zero-order chi connectivity index (χ0) is 25.9. The number of aromatic nitrogens is 3. The fraction of sp³-hybridized carbons (Fsp3) is 0.200. The quantitative estimate of drug-likeness (QED) is 0.241. The monoisotopic (exact) mass is 526 g/mol. The standard InChI is InChI=1S/C30H27ClN4O3/c31-22-9-12-27-26(19-22)25-13-16-35(30(36)38-24-5-2-1-3-6-24)29(28(25)33-27)21-7-10-23(11-8-21)37-18-4-15-34-17-14-32-20-34/h1-3,5-12,14,17,19-20,29,33H,4,13,15-16,18H2. The maximum Gasteiger partial charge on any atom is 0.416 e. The molecule has 3 heterocycles. The lowest BCUT2D eigenvalue weighted by Crippen LogP contribution is -2.42. The van der Waals surface area contributed by atoms with Crippen molar-refractivity contribution >= 4 is 28.6 Å². The number of benzene rings is 3. The molecule has 192 valence electrons. The third-order valence-electron chi connectivity index (χ3n) is 6.86. The summed E-state index contributed by atoms with van der Waals surface area (Å²) in [5.74, 6) is 1.31. The minimum absolute atomic E-state index is 0.337. The van der Waals surface area contributed by atoms with Crippen LogP contribution in [-0.4, -0.2) is 38.7 Å². The smallest absolute Gasteiger partial charge is 0.416 e. The topological polar surface area (TPSA) is 72.4 Å². The first-order valence-corrected chi connectivity index (χ1v) is 13.1. The van der Waals surface area contributed by atoms with E-state index in [4.69, 9.17) is 21.1 Å². The van der Waals surface area contributed by atoms with Gasteiger partial charge in [0.05, 0.1) is 12.9 Å². The molecule has 0 bridgehead atoms. The molecule has 5 aromatic rings. The van der Waals surface area contributed by atoms with Crippen LogP contribution in [0.15, 0.2) is 91.5 Å². The highest BCUT2D eigenvalue weighted by molar-refractivity contribution is 6.31. The zero-order valence-corrected chi connectivity index (χ0v) is 21.5. The average molecular weight is 527 g/mol. The van der Waals surface area contributed by atoms with Crippen LogP contribution >= 0.6 is 11.6 Å². The Morgan fingerprint density at radius 2 is 1.89 bits per heavy atom. The molecule has 1 unspecified atom stereocenters. The number of rotatable bonds is 7. The number of aryl methyl sites for hydroxylation is 1. The first-order valence-electron chi connectivity index (χ1n) is 12.7. The number of carbonyl (C=O) groups excluding carboxylic acids is 1. The number of halogens is 1. The first-order chi connectivity index (χ1) is 18.7. The van der Waals surface area contributed by atoms with Gasteiger partial charge in [-0.3, -0.25) is 4.90 Å². The van der Waals surface area contributed by atoms with Gasteiger partial charge in [-0.1, -0.05) is 41.9 Å². The molecule has 2 aromatic heterocycles. The third-order valence-corrected chi connectivity index (χ3v) is 7.09. The average Bonchev–Trinajstić information content (AvgIpc) is 3.59. The Hall–Kier alpha value is -4.23. The van der Waals surface area contributed by atoms with Gasteiger partial charge in [0, 0.05) is 47.1 Å². The van der Waals surface area contributed by atoms with E-state index in [-0.39, 0.29) is 12.1 Å². The molecule has 1 N–H and O–H groups in total. The van der Waals surface area contributed by atoms with E-state index in [1.807, 2.05) is 71.4 Å². The summed E-state index contributed by atoms with van der Waals surface area (Å²) >= 11 is 6.32. The molecular formula is C30H27ClN4O3. The highest BCUT2D eigenvalue weighted by atomic mass is 35.5. The van der Waals surface area contributed by atoms with Crippen LogP contribution in [0, 0.1) is 0 Å². The Morgan fingerprint density at radius 1 is 1.05 bits per heavy atom. The van der Waals surface area contributed by atoms with E-state index in [2.05, 4.69) is 9.97 Å². The Labute approximate surface area is 225 Å². The van der Waals surface area contributed by atoms with E-state index in [0.717, 1.165) is 40.9 Å². The molecule has 0 fully saturated rings. The van der Waals surface area contributed by atoms with E-state index in [1.165, 1.54) is 5.56 Å². The fourth-order valence-corrected chi connectivity index (χ4v) is 5.23. The van der Waals surface area contributed by atoms with Gasteiger partial charge in [0.25, 0.3) is 0 Å². The lowest BCUT2D eigenvalue weighted by molar-refractivity contribution is 0.135. The van der Waals surface area contributed by atoms with E-state index in [1.54, 1.807) is 29.6 Å². The molecule has 0 radical (unpaired) electrons. The van der Waals surface area contributed by atoms with Gasteiger partial charge in [-0.05, 0) is 66.4 Å². The van der Waals surface area contributed by atoms with Crippen molar-refractivity contribution in [3.05, 3.63) is 113 Å². The normalized spacial score (nSPS) is 14.9. The lowest BCUT2D eigenvalue weighted by atomic mass is 9.92. The molecule has 8 heteroatoms. The number of amides is 1. The molecule has 1 amide bonds. The van der Waals surface area contributed by atoms with Gasteiger partial charge in [0.1, 0.15) is 17.5 Å². The van der Waals surface area contributed by atoms with Crippen molar-refractivity contribution in [2.24, 2.45) is 0 Å². The minimum atomic E-state index is -0.386. The highest BCUT2D eigenvalue weighted by Crippen LogP contribution is 2.40.